The van der Waals surface area contributed by atoms with E-state index in [9.17, 15) is 4.79 Å². The molecule has 0 saturated heterocycles. The van der Waals surface area contributed by atoms with Gasteiger partial charge in [0.15, 0.2) is 0 Å². The lowest BCUT2D eigenvalue weighted by Crippen LogP contribution is -2.41. The van der Waals surface area contributed by atoms with Crippen molar-refractivity contribution in [3.05, 3.63) is 21.9 Å². The summed E-state index contributed by atoms with van der Waals surface area (Å²) in [6.07, 6.45) is 1.91. The van der Waals surface area contributed by atoms with Gasteiger partial charge in [0, 0.05) is 35.9 Å². The summed E-state index contributed by atoms with van der Waals surface area (Å²) in [6.45, 7) is 7.75. The van der Waals surface area contributed by atoms with Crippen LogP contribution in [0.4, 0.5) is 4.79 Å². The summed E-state index contributed by atoms with van der Waals surface area (Å²) in [6, 6.07) is 4.36. The number of nitriles is 1. The molecule has 1 N–H and O–H groups in total. The molecule has 0 unspecified atom stereocenters. The highest BCUT2D eigenvalue weighted by Crippen LogP contribution is 2.28. The van der Waals surface area contributed by atoms with Gasteiger partial charge in [-0.15, -0.1) is 11.3 Å². The molecule has 0 atom stereocenters. The predicted molar refractivity (Wildman–Crippen MR) is 86.7 cm³/mol. The maximum atomic E-state index is 12.2. The van der Waals surface area contributed by atoms with E-state index in [0.29, 0.717) is 18.2 Å². The highest BCUT2D eigenvalue weighted by atomic mass is 32.1. The van der Waals surface area contributed by atoms with Gasteiger partial charge in [0.1, 0.15) is 11.7 Å². The van der Waals surface area contributed by atoms with Gasteiger partial charge in [-0.05, 0) is 39.7 Å². The maximum Gasteiger partial charge on any atom is 0.410 e. The first-order chi connectivity index (χ1) is 10.4. The molecule has 1 amide bonds. The van der Waals surface area contributed by atoms with Crippen LogP contribution in [0.5, 0.6) is 0 Å². The van der Waals surface area contributed by atoms with Crippen LogP contribution in [0.2, 0.25) is 0 Å². The van der Waals surface area contributed by atoms with Crippen LogP contribution in [0.25, 0.3) is 0 Å². The van der Waals surface area contributed by atoms with Crippen LogP contribution >= 0.6 is 11.3 Å². The van der Waals surface area contributed by atoms with Crippen LogP contribution in [-0.4, -0.2) is 35.7 Å². The molecule has 1 heterocycles. The molecule has 22 heavy (non-hydrogen) atoms. The lowest BCUT2D eigenvalue weighted by atomic mass is 10.2. The molecule has 0 radical (unpaired) electrons. The molecular formula is C16H23N3O2S. The van der Waals surface area contributed by atoms with Crippen molar-refractivity contribution in [2.75, 3.05) is 13.1 Å². The summed E-state index contributed by atoms with van der Waals surface area (Å²) in [4.78, 5) is 15.1. The van der Waals surface area contributed by atoms with E-state index in [4.69, 9.17) is 10.00 Å². The van der Waals surface area contributed by atoms with Gasteiger partial charge < -0.3 is 15.0 Å². The Morgan fingerprint density at radius 2 is 2.27 bits per heavy atom. The second kappa shape index (κ2) is 7.12. The number of thiophene rings is 1. The third-order valence-electron chi connectivity index (χ3n) is 3.23. The normalized spacial score (nSPS) is 14.5. The van der Waals surface area contributed by atoms with E-state index in [1.807, 2.05) is 37.1 Å². The number of hydrogen-bond donors (Lipinski definition) is 1. The quantitative estimate of drug-likeness (QED) is 0.818. The van der Waals surface area contributed by atoms with E-state index in [2.05, 4.69) is 11.4 Å². The highest BCUT2D eigenvalue weighted by molar-refractivity contribution is 7.10. The molecule has 1 aliphatic rings. The molecule has 2 rings (SSSR count). The van der Waals surface area contributed by atoms with Gasteiger partial charge in [-0.2, -0.15) is 5.26 Å². The molecule has 0 bridgehead atoms. The van der Waals surface area contributed by atoms with E-state index in [-0.39, 0.29) is 6.09 Å². The third kappa shape index (κ3) is 5.32. The van der Waals surface area contributed by atoms with E-state index < -0.39 is 5.60 Å². The Hall–Kier alpha value is -1.58. The number of nitrogens with zero attached hydrogens (tertiary/aromatic N) is 2. The van der Waals surface area contributed by atoms with E-state index in [1.54, 1.807) is 11.3 Å². The number of carbonyl (C=O) groups excluding carboxylic acids is 1. The second-order valence-corrected chi connectivity index (χ2v) is 7.49. The summed E-state index contributed by atoms with van der Waals surface area (Å²) in [7, 11) is 0. The number of rotatable bonds is 6. The average molecular weight is 321 g/mol. The van der Waals surface area contributed by atoms with Crippen LogP contribution in [0.1, 0.15) is 44.1 Å². The first kappa shape index (κ1) is 16.8. The summed E-state index contributed by atoms with van der Waals surface area (Å²) in [5.74, 6) is 0. The Kier molecular flexibility index (Phi) is 5.43. The summed E-state index contributed by atoms with van der Waals surface area (Å²) in [5, 5.41) is 14.0. The van der Waals surface area contributed by atoms with Gasteiger partial charge >= 0.3 is 6.09 Å². The Morgan fingerprint density at radius 3 is 2.82 bits per heavy atom. The smallest absolute Gasteiger partial charge is 0.410 e. The summed E-state index contributed by atoms with van der Waals surface area (Å²) >= 11 is 1.58. The highest BCUT2D eigenvalue weighted by Gasteiger charge is 2.34. The largest absolute Gasteiger partial charge is 0.444 e. The lowest BCUT2D eigenvalue weighted by molar-refractivity contribution is 0.0236. The second-order valence-electron chi connectivity index (χ2n) is 6.50. The van der Waals surface area contributed by atoms with Crippen molar-refractivity contribution in [1.82, 2.24) is 10.2 Å². The molecule has 1 aromatic rings. The Balaban J connectivity index is 1.75. The van der Waals surface area contributed by atoms with Crippen molar-refractivity contribution >= 4 is 17.4 Å². The predicted octanol–water partition coefficient (Wildman–Crippen LogP) is 3.11. The summed E-state index contributed by atoms with van der Waals surface area (Å²) < 4.78 is 5.46. The van der Waals surface area contributed by atoms with Gasteiger partial charge in [-0.3, -0.25) is 0 Å². The van der Waals surface area contributed by atoms with E-state index in [1.165, 1.54) is 0 Å². The Labute approximate surface area is 135 Å². The van der Waals surface area contributed by atoms with Gasteiger partial charge in [0.25, 0.3) is 0 Å². The van der Waals surface area contributed by atoms with Crippen molar-refractivity contribution < 1.29 is 9.53 Å². The van der Waals surface area contributed by atoms with E-state index >= 15 is 0 Å². The van der Waals surface area contributed by atoms with Crippen LogP contribution < -0.4 is 5.32 Å². The first-order valence-corrected chi connectivity index (χ1v) is 8.45. The zero-order valence-electron chi connectivity index (χ0n) is 13.4. The van der Waals surface area contributed by atoms with Crippen LogP contribution in [0, 0.1) is 11.3 Å². The van der Waals surface area contributed by atoms with Crippen molar-refractivity contribution in [2.24, 2.45) is 0 Å². The fraction of sp³-hybridized carbons (Fsp3) is 0.625. The maximum absolute atomic E-state index is 12.2. The fourth-order valence-corrected chi connectivity index (χ4v) is 2.85. The molecule has 5 nitrogen and oxygen atoms in total. The van der Waals surface area contributed by atoms with E-state index in [0.717, 1.165) is 30.8 Å². The van der Waals surface area contributed by atoms with Crippen molar-refractivity contribution in [2.45, 2.75) is 51.8 Å². The fourth-order valence-electron chi connectivity index (χ4n) is 2.07. The zero-order valence-corrected chi connectivity index (χ0v) is 14.2. The topological polar surface area (TPSA) is 65.4 Å². The molecular weight excluding hydrogens is 298 g/mol. The zero-order chi connectivity index (χ0) is 16.2. The molecule has 6 heteroatoms. The summed E-state index contributed by atoms with van der Waals surface area (Å²) in [5.41, 5.74) is 0.248. The molecule has 1 aliphatic carbocycles. The number of hydrogen-bond acceptors (Lipinski definition) is 5. The van der Waals surface area contributed by atoms with Crippen molar-refractivity contribution in [3.8, 4) is 6.07 Å². The van der Waals surface area contributed by atoms with Crippen LogP contribution in [-0.2, 0) is 11.3 Å². The van der Waals surface area contributed by atoms with Gasteiger partial charge in [0.2, 0.25) is 0 Å². The molecule has 120 valence electrons. The molecule has 0 aliphatic heterocycles. The van der Waals surface area contributed by atoms with Gasteiger partial charge in [0.05, 0.1) is 5.56 Å². The van der Waals surface area contributed by atoms with Crippen LogP contribution in [0.15, 0.2) is 11.4 Å². The van der Waals surface area contributed by atoms with Crippen LogP contribution in [0.3, 0.4) is 0 Å². The monoisotopic (exact) mass is 321 g/mol. The number of ether oxygens (including phenoxy) is 1. The van der Waals surface area contributed by atoms with Gasteiger partial charge in [-0.1, -0.05) is 0 Å². The number of nitrogens with one attached hydrogen (secondary N) is 1. The number of carbonyl (C=O) groups is 1. The Morgan fingerprint density at radius 1 is 1.55 bits per heavy atom. The number of amides is 1. The van der Waals surface area contributed by atoms with Gasteiger partial charge in [-0.25, -0.2) is 4.79 Å². The molecule has 1 fully saturated rings. The molecule has 0 aromatic carbocycles. The lowest BCUT2D eigenvalue weighted by Gasteiger charge is -2.27. The Bertz CT molecular complexity index is 552. The third-order valence-corrected chi connectivity index (χ3v) is 4.16. The van der Waals surface area contributed by atoms with Crippen molar-refractivity contribution in [1.29, 1.82) is 5.26 Å². The average Bonchev–Trinajstić information content (AvgIpc) is 3.14. The minimum Gasteiger partial charge on any atom is -0.444 e. The first-order valence-electron chi connectivity index (χ1n) is 7.57. The van der Waals surface area contributed by atoms with Crippen molar-refractivity contribution in [3.63, 3.8) is 0 Å². The molecule has 1 aromatic heterocycles. The molecule has 1 saturated carbocycles. The minimum absolute atomic E-state index is 0.223. The molecule has 0 spiro atoms. The minimum atomic E-state index is -0.456. The standard InChI is InChI=1S/C16H23N3O2S/c1-16(2,3)21-15(20)19(13-4-5-13)7-6-18-10-14-8-12(9-17)11-22-14/h8,11,13,18H,4-7,10H2,1-3H3. The SMILES string of the molecule is CC(C)(C)OC(=O)N(CCNCc1cc(C#N)cs1)C1CC1.